The minimum Gasteiger partial charge on any atom is -0.481 e. The van der Waals surface area contributed by atoms with Crippen LogP contribution >= 0.6 is 0 Å². The van der Waals surface area contributed by atoms with Gasteiger partial charge in [0.1, 0.15) is 6.04 Å². The molecule has 0 aliphatic carbocycles. The second-order valence-electron chi connectivity index (χ2n) is 7.26. The Bertz CT molecular complexity index is 834. The van der Waals surface area contributed by atoms with Crippen molar-refractivity contribution in [2.45, 2.75) is 57.9 Å². The van der Waals surface area contributed by atoms with Crippen LogP contribution in [0.4, 0.5) is 0 Å². The number of carboxylic acids is 1. The molecule has 2 aromatic rings. The van der Waals surface area contributed by atoms with Crippen molar-refractivity contribution in [3.63, 3.8) is 0 Å². The highest BCUT2D eigenvalue weighted by molar-refractivity contribution is 5.89. The minimum absolute atomic E-state index is 0.0690. The fourth-order valence-corrected chi connectivity index (χ4v) is 3.20. The van der Waals surface area contributed by atoms with Gasteiger partial charge in [-0.15, -0.1) is 0 Å². The van der Waals surface area contributed by atoms with Gasteiger partial charge in [-0.25, -0.2) is 0 Å². The molecule has 6 heteroatoms. The minimum atomic E-state index is -0.991. The molecular formula is C23H30N2O4. The van der Waals surface area contributed by atoms with Crippen LogP contribution in [-0.4, -0.2) is 35.5 Å². The lowest BCUT2D eigenvalue weighted by molar-refractivity contribution is -0.138. The van der Waals surface area contributed by atoms with Crippen LogP contribution in [0.15, 0.2) is 42.5 Å². The van der Waals surface area contributed by atoms with E-state index in [-0.39, 0.29) is 31.1 Å². The van der Waals surface area contributed by atoms with Gasteiger partial charge in [-0.05, 0) is 29.2 Å². The number of rotatable bonds is 12. The molecule has 6 nitrogen and oxygen atoms in total. The quantitative estimate of drug-likeness (QED) is 0.477. The molecule has 2 rings (SSSR count). The summed E-state index contributed by atoms with van der Waals surface area (Å²) in [5.74, 6) is -1.61. The lowest BCUT2D eigenvalue weighted by atomic mass is 10.0. The summed E-state index contributed by atoms with van der Waals surface area (Å²) in [6.07, 6.45) is 4.16. The number of carbonyl (C=O) groups excluding carboxylic acids is 2. The molecule has 0 radical (unpaired) electrons. The molecule has 2 amide bonds. The molecule has 0 saturated carbocycles. The van der Waals surface area contributed by atoms with Crippen molar-refractivity contribution in [1.82, 2.24) is 10.6 Å². The Hall–Kier alpha value is -2.89. The molecule has 0 unspecified atom stereocenters. The van der Waals surface area contributed by atoms with E-state index >= 15 is 0 Å². The summed E-state index contributed by atoms with van der Waals surface area (Å²) in [6, 6.07) is 12.9. The first-order valence-electron chi connectivity index (χ1n) is 10.3. The van der Waals surface area contributed by atoms with E-state index in [2.05, 4.69) is 17.6 Å². The van der Waals surface area contributed by atoms with Gasteiger partial charge in [-0.1, -0.05) is 68.7 Å². The number of fused-ring (bicyclic) bond motifs is 1. The van der Waals surface area contributed by atoms with E-state index in [4.69, 9.17) is 5.11 Å². The third kappa shape index (κ3) is 7.94. The van der Waals surface area contributed by atoms with Gasteiger partial charge in [0.2, 0.25) is 11.8 Å². The van der Waals surface area contributed by atoms with Gasteiger partial charge in [-0.3, -0.25) is 14.4 Å². The van der Waals surface area contributed by atoms with Crippen LogP contribution in [0.2, 0.25) is 0 Å². The van der Waals surface area contributed by atoms with Crippen LogP contribution in [-0.2, 0) is 20.8 Å². The van der Waals surface area contributed by atoms with Crippen LogP contribution in [0, 0.1) is 0 Å². The largest absolute Gasteiger partial charge is 0.481 e. The Morgan fingerprint density at radius 3 is 2.48 bits per heavy atom. The zero-order valence-electron chi connectivity index (χ0n) is 16.9. The summed E-state index contributed by atoms with van der Waals surface area (Å²) in [6.45, 7) is 2.65. The fraction of sp³-hybridized carbons (Fsp3) is 0.435. The number of aliphatic carboxylic acids is 1. The summed E-state index contributed by atoms with van der Waals surface area (Å²) < 4.78 is 0. The van der Waals surface area contributed by atoms with E-state index in [0.29, 0.717) is 6.54 Å². The van der Waals surface area contributed by atoms with Crippen molar-refractivity contribution in [3.05, 3.63) is 48.0 Å². The van der Waals surface area contributed by atoms with Gasteiger partial charge in [0, 0.05) is 13.0 Å². The number of unbranched alkanes of at least 4 members (excludes halogenated alkanes) is 3. The number of hydrogen-bond acceptors (Lipinski definition) is 3. The maximum absolute atomic E-state index is 12.5. The molecular weight excluding hydrogens is 368 g/mol. The van der Waals surface area contributed by atoms with Gasteiger partial charge < -0.3 is 15.7 Å². The molecule has 0 saturated heterocycles. The normalized spacial score (nSPS) is 11.8. The predicted octanol–water partition coefficient (Wildman–Crippen LogP) is 3.43. The topological polar surface area (TPSA) is 95.5 Å². The highest BCUT2D eigenvalue weighted by Crippen LogP contribution is 2.16. The van der Waals surface area contributed by atoms with Crippen LogP contribution in [0.5, 0.6) is 0 Å². The SMILES string of the molecule is CCCCCCNC(=O)[C@H](CCC(=O)O)NC(=O)Cc1ccc2ccccc2c1. The molecule has 3 N–H and O–H groups in total. The van der Waals surface area contributed by atoms with Gasteiger partial charge in [0.05, 0.1) is 6.42 Å². The Morgan fingerprint density at radius 1 is 1.00 bits per heavy atom. The molecule has 1 atom stereocenters. The van der Waals surface area contributed by atoms with E-state index in [0.717, 1.165) is 42.0 Å². The highest BCUT2D eigenvalue weighted by Gasteiger charge is 2.21. The summed E-state index contributed by atoms with van der Waals surface area (Å²) in [5, 5.41) is 16.6. The average Bonchev–Trinajstić information content (AvgIpc) is 2.70. The first-order valence-corrected chi connectivity index (χ1v) is 10.3. The number of amides is 2. The molecule has 0 aliphatic rings. The lowest BCUT2D eigenvalue weighted by Gasteiger charge is -2.18. The predicted molar refractivity (Wildman–Crippen MR) is 114 cm³/mol. The standard InChI is InChI=1S/C23H30N2O4/c1-2-3-4-7-14-24-23(29)20(12-13-22(27)28)25-21(26)16-17-10-11-18-8-5-6-9-19(18)15-17/h5-6,8-11,15,20H,2-4,7,12-14,16H2,1H3,(H,24,29)(H,25,26)(H,27,28)/t20-/m0/s1. The summed E-state index contributed by atoms with van der Waals surface area (Å²) in [4.78, 5) is 35.8. The molecule has 0 spiro atoms. The second-order valence-corrected chi connectivity index (χ2v) is 7.26. The number of nitrogens with one attached hydrogen (secondary N) is 2. The first-order chi connectivity index (χ1) is 14.0. The Balaban J connectivity index is 1.93. The Labute approximate surface area is 171 Å². The molecule has 0 aliphatic heterocycles. The van der Waals surface area contributed by atoms with Crippen LogP contribution in [0.25, 0.3) is 10.8 Å². The second kappa shape index (κ2) is 11.8. The molecule has 0 fully saturated rings. The van der Waals surface area contributed by atoms with Gasteiger partial charge >= 0.3 is 5.97 Å². The van der Waals surface area contributed by atoms with Crippen molar-refractivity contribution >= 4 is 28.6 Å². The molecule has 0 bridgehead atoms. The van der Waals surface area contributed by atoms with Gasteiger partial charge in [-0.2, -0.15) is 0 Å². The van der Waals surface area contributed by atoms with Crippen molar-refractivity contribution in [3.8, 4) is 0 Å². The summed E-state index contributed by atoms with van der Waals surface area (Å²) in [7, 11) is 0. The smallest absolute Gasteiger partial charge is 0.303 e. The number of hydrogen-bond donors (Lipinski definition) is 3. The summed E-state index contributed by atoms with van der Waals surface area (Å²) in [5.41, 5.74) is 0.846. The van der Waals surface area contributed by atoms with E-state index in [1.54, 1.807) is 0 Å². The molecule has 0 heterocycles. The monoisotopic (exact) mass is 398 g/mol. The number of carbonyl (C=O) groups is 3. The Morgan fingerprint density at radius 2 is 1.76 bits per heavy atom. The van der Waals surface area contributed by atoms with Crippen LogP contribution in [0.3, 0.4) is 0 Å². The summed E-state index contributed by atoms with van der Waals surface area (Å²) >= 11 is 0. The van der Waals surface area contributed by atoms with Crippen LogP contribution < -0.4 is 10.6 Å². The number of benzene rings is 2. The lowest BCUT2D eigenvalue weighted by Crippen LogP contribution is -2.47. The van der Waals surface area contributed by atoms with Gasteiger partial charge in [0.15, 0.2) is 0 Å². The zero-order chi connectivity index (χ0) is 21.1. The maximum atomic E-state index is 12.5. The van der Waals surface area contributed by atoms with Crippen molar-refractivity contribution in [1.29, 1.82) is 0 Å². The highest BCUT2D eigenvalue weighted by atomic mass is 16.4. The molecule has 29 heavy (non-hydrogen) atoms. The van der Waals surface area contributed by atoms with Gasteiger partial charge in [0.25, 0.3) is 0 Å². The van der Waals surface area contributed by atoms with Crippen LogP contribution in [0.1, 0.15) is 51.0 Å². The fourth-order valence-electron chi connectivity index (χ4n) is 3.20. The third-order valence-corrected chi connectivity index (χ3v) is 4.81. The molecule has 156 valence electrons. The van der Waals surface area contributed by atoms with E-state index in [1.165, 1.54) is 0 Å². The first kappa shape index (κ1) is 22.4. The van der Waals surface area contributed by atoms with Crippen molar-refractivity contribution in [2.24, 2.45) is 0 Å². The molecule has 0 aromatic heterocycles. The van der Waals surface area contributed by atoms with Crippen molar-refractivity contribution in [2.75, 3.05) is 6.54 Å². The zero-order valence-corrected chi connectivity index (χ0v) is 16.9. The molecule has 2 aromatic carbocycles. The van der Waals surface area contributed by atoms with E-state index < -0.39 is 12.0 Å². The Kier molecular flexibility index (Phi) is 9.15. The average molecular weight is 399 g/mol. The van der Waals surface area contributed by atoms with E-state index in [9.17, 15) is 14.4 Å². The third-order valence-electron chi connectivity index (χ3n) is 4.81. The van der Waals surface area contributed by atoms with Crippen molar-refractivity contribution < 1.29 is 19.5 Å². The number of carboxylic acid groups (broad SMARTS) is 1. The maximum Gasteiger partial charge on any atom is 0.303 e. The van der Waals surface area contributed by atoms with E-state index in [1.807, 2.05) is 42.5 Å².